The minimum Gasteiger partial charge on any atom is -0.384 e. The van der Waals surface area contributed by atoms with Crippen molar-refractivity contribution in [3.63, 3.8) is 0 Å². The summed E-state index contributed by atoms with van der Waals surface area (Å²) in [6.07, 6.45) is 3.06. The van der Waals surface area contributed by atoms with Crippen molar-refractivity contribution < 1.29 is 0 Å². The molecule has 0 saturated carbocycles. The number of rotatable bonds is 1. The molecule has 2 heterocycles. The summed E-state index contributed by atoms with van der Waals surface area (Å²) < 4.78 is 0. The molecule has 4 N–H and O–H groups in total. The molecule has 0 aliphatic heterocycles. The lowest BCUT2D eigenvalue weighted by molar-refractivity contribution is 1.19. The van der Waals surface area contributed by atoms with Crippen LogP contribution in [0.15, 0.2) is 24.5 Å². The second kappa shape index (κ2) is 3.82. The molecule has 0 spiro atoms. The van der Waals surface area contributed by atoms with Crippen molar-refractivity contribution in [1.82, 2.24) is 15.0 Å². The third kappa shape index (κ3) is 1.88. The molecule has 6 heteroatoms. The summed E-state index contributed by atoms with van der Waals surface area (Å²) in [5, 5.41) is 8.75. The van der Waals surface area contributed by atoms with E-state index in [2.05, 4.69) is 15.0 Å². The van der Waals surface area contributed by atoms with Crippen LogP contribution in [-0.2, 0) is 0 Å². The lowest BCUT2D eigenvalue weighted by Crippen LogP contribution is -2.00. The van der Waals surface area contributed by atoms with Crippen molar-refractivity contribution in [2.45, 2.75) is 0 Å². The molecule has 2 rings (SSSR count). The Hall–Kier alpha value is -2.68. The summed E-state index contributed by atoms with van der Waals surface area (Å²) in [4.78, 5) is 11.7. The van der Waals surface area contributed by atoms with E-state index in [4.69, 9.17) is 16.7 Å². The number of nitrogens with two attached hydrogens (primary N) is 2. The Kier molecular flexibility index (Phi) is 2.36. The molecule has 78 valence electrons. The fourth-order valence-corrected chi connectivity index (χ4v) is 1.27. The van der Waals surface area contributed by atoms with Gasteiger partial charge in [-0.3, -0.25) is 4.98 Å². The van der Waals surface area contributed by atoms with Gasteiger partial charge in [0.25, 0.3) is 0 Å². The lowest BCUT2D eigenvalue weighted by Gasteiger charge is -2.02. The average Bonchev–Trinajstić information content (AvgIpc) is 2.28. The number of nitrogen functional groups attached to an aromatic ring is 2. The summed E-state index contributed by atoms with van der Waals surface area (Å²) in [7, 11) is 0. The number of hydrogen-bond donors (Lipinski definition) is 2. The standard InChI is InChI=1S/C10H8N6/c11-3-6-1-7(5-14-4-6)8-2-9(12)16-10(13)15-8/h1-2,4-5H,(H4,12,13,15,16). The molecule has 2 aromatic heterocycles. The van der Waals surface area contributed by atoms with Crippen LogP contribution >= 0.6 is 0 Å². The van der Waals surface area contributed by atoms with Crippen molar-refractivity contribution in [1.29, 1.82) is 5.26 Å². The zero-order chi connectivity index (χ0) is 11.5. The number of nitriles is 1. The topological polar surface area (TPSA) is 114 Å². The van der Waals surface area contributed by atoms with Crippen LogP contribution in [0.25, 0.3) is 11.3 Å². The van der Waals surface area contributed by atoms with Gasteiger partial charge in [0.1, 0.15) is 11.9 Å². The Bertz CT molecular complexity index is 552. The van der Waals surface area contributed by atoms with Gasteiger partial charge >= 0.3 is 0 Å². The van der Waals surface area contributed by atoms with Crippen molar-refractivity contribution in [2.24, 2.45) is 0 Å². The zero-order valence-corrected chi connectivity index (χ0v) is 8.25. The van der Waals surface area contributed by atoms with Crippen LogP contribution in [0.2, 0.25) is 0 Å². The van der Waals surface area contributed by atoms with Gasteiger partial charge in [0.05, 0.1) is 11.3 Å². The maximum Gasteiger partial charge on any atom is 0.222 e. The molecule has 0 radical (unpaired) electrons. The van der Waals surface area contributed by atoms with Gasteiger partial charge < -0.3 is 11.5 Å². The van der Waals surface area contributed by atoms with Crippen molar-refractivity contribution >= 4 is 11.8 Å². The van der Waals surface area contributed by atoms with E-state index in [1.54, 1.807) is 18.3 Å². The molecule has 0 aliphatic rings. The highest BCUT2D eigenvalue weighted by molar-refractivity contribution is 5.63. The molecule has 0 fully saturated rings. The number of aromatic nitrogens is 3. The SMILES string of the molecule is N#Cc1cncc(-c2cc(N)nc(N)n2)c1. The van der Waals surface area contributed by atoms with Crippen LogP contribution < -0.4 is 11.5 Å². The first-order valence-corrected chi connectivity index (χ1v) is 4.44. The molecule has 16 heavy (non-hydrogen) atoms. The summed E-state index contributed by atoms with van der Waals surface area (Å²) in [6, 6.07) is 5.24. The third-order valence-electron chi connectivity index (χ3n) is 1.93. The van der Waals surface area contributed by atoms with Crippen LogP contribution in [0.4, 0.5) is 11.8 Å². The quantitative estimate of drug-likeness (QED) is 0.714. The monoisotopic (exact) mass is 212 g/mol. The second-order valence-electron chi connectivity index (χ2n) is 3.11. The Morgan fingerprint density at radius 2 is 1.94 bits per heavy atom. The van der Waals surface area contributed by atoms with E-state index in [9.17, 15) is 0 Å². The van der Waals surface area contributed by atoms with Crippen LogP contribution in [-0.4, -0.2) is 15.0 Å². The molecule has 0 amide bonds. The smallest absolute Gasteiger partial charge is 0.222 e. The van der Waals surface area contributed by atoms with Crippen LogP contribution in [0.1, 0.15) is 5.56 Å². The molecule has 0 saturated heterocycles. The Morgan fingerprint density at radius 3 is 2.62 bits per heavy atom. The minimum atomic E-state index is 0.0948. The molecule has 0 atom stereocenters. The van der Waals surface area contributed by atoms with E-state index in [-0.39, 0.29) is 11.8 Å². The number of hydrogen-bond acceptors (Lipinski definition) is 6. The molecule has 0 aliphatic carbocycles. The Balaban J connectivity index is 2.54. The average molecular weight is 212 g/mol. The summed E-state index contributed by atoms with van der Waals surface area (Å²) in [6.45, 7) is 0. The number of nitrogens with zero attached hydrogens (tertiary/aromatic N) is 4. The molecule has 2 aromatic rings. The van der Waals surface area contributed by atoms with Crippen LogP contribution in [0, 0.1) is 11.3 Å². The first kappa shape index (κ1) is 9.86. The Morgan fingerprint density at radius 1 is 1.12 bits per heavy atom. The van der Waals surface area contributed by atoms with E-state index in [0.717, 1.165) is 0 Å². The first-order valence-electron chi connectivity index (χ1n) is 4.44. The molecule has 0 aromatic carbocycles. The van der Waals surface area contributed by atoms with Gasteiger partial charge in [0, 0.05) is 24.0 Å². The van der Waals surface area contributed by atoms with Gasteiger partial charge in [-0.15, -0.1) is 0 Å². The van der Waals surface area contributed by atoms with E-state index < -0.39 is 0 Å². The lowest BCUT2D eigenvalue weighted by atomic mass is 10.1. The largest absolute Gasteiger partial charge is 0.384 e. The van der Waals surface area contributed by atoms with Gasteiger partial charge in [0.2, 0.25) is 5.95 Å². The molecule has 0 unspecified atom stereocenters. The van der Waals surface area contributed by atoms with Crippen LogP contribution in [0.5, 0.6) is 0 Å². The highest BCUT2D eigenvalue weighted by Crippen LogP contribution is 2.19. The van der Waals surface area contributed by atoms with E-state index in [0.29, 0.717) is 16.8 Å². The fraction of sp³-hybridized carbons (Fsp3) is 0. The van der Waals surface area contributed by atoms with Gasteiger partial charge in [-0.2, -0.15) is 10.2 Å². The van der Waals surface area contributed by atoms with Gasteiger partial charge in [-0.1, -0.05) is 0 Å². The zero-order valence-electron chi connectivity index (χ0n) is 8.25. The minimum absolute atomic E-state index is 0.0948. The van der Waals surface area contributed by atoms with Gasteiger partial charge in [0.15, 0.2) is 0 Å². The van der Waals surface area contributed by atoms with Crippen molar-refractivity contribution in [2.75, 3.05) is 11.5 Å². The normalized spacial score (nSPS) is 9.69. The predicted octanol–water partition coefficient (Wildman–Crippen LogP) is 0.575. The molecule has 6 nitrogen and oxygen atoms in total. The fourth-order valence-electron chi connectivity index (χ4n) is 1.27. The number of pyridine rings is 1. The Labute approximate surface area is 91.6 Å². The van der Waals surface area contributed by atoms with Crippen molar-refractivity contribution in [3.05, 3.63) is 30.1 Å². The maximum atomic E-state index is 8.75. The van der Waals surface area contributed by atoms with Crippen molar-refractivity contribution in [3.8, 4) is 17.3 Å². The first-order chi connectivity index (χ1) is 7.69. The molecular weight excluding hydrogens is 204 g/mol. The molecule has 0 bridgehead atoms. The van der Waals surface area contributed by atoms with E-state index >= 15 is 0 Å². The summed E-state index contributed by atoms with van der Waals surface area (Å²) in [5.74, 6) is 0.377. The van der Waals surface area contributed by atoms with E-state index in [1.807, 2.05) is 6.07 Å². The summed E-state index contributed by atoms with van der Waals surface area (Å²) >= 11 is 0. The third-order valence-corrected chi connectivity index (χ3v) is 1.93. The van der Waals surface area contributed by atoms with Crippen LogP contribution in [0.3, 0.4) is 0 Å². The highest BCUT2D eigenvalue weighted by atomic mass is 15.0. The molecular formula is C10H8N6. The predicted molar refractivity (Wildman–Crippen MR) is 58.8 cm³/mol. The van der Waals surface area contributed by atoms with Gasteiger partial charge in [-0.25, -0.2) is 4.98 Å². The number of anilines is 2. The second-order valence-corrected chi connectivity index (χ2v) is 3.11. The maximum absolute atomic E-state index is 8.75. The highest BCUT2D eigenvalue weighted by Gasteiger charge is 2.04. The van der Waals surface area contributed by atoms with E-state index in [1.165, 1.54) is 6.20 Å². The summed E-state index contributed by atoms with van der Waals surface area (Å²) in [5.41, 5.74) is 12.7. The van der Waals surface area contributed by atoms with Gasteiger partial charge in [-0.05, 0) is 6.07 Å².